The van der Waals surface area contributed by atoms with Crippen LogP contribution in [0.1, 0.15) is 44.7 Å². The van der Waals surface area contributed by atoms with E-state index in [4.69, 9.17) is 0 Å². The highest BCUT2D eigenvalue weighted by molar-refractivity contribution is 5.80. The van der Waals surface area contributed by atoms with Gasteiger partial charge in [-0.15, -0.1) is 0 Å². The van der Waals surface area contributed by atoms with E-state index in [1.165, 1.54) is 12.1 Å². The largest absolute Gasteiger partial charge is 0.337 e. The highest BCUT2D eigenvalue weighted by atomic mass is 19.1. The van der Waals surface area contributed by atoms with Crippen molar-refractivity contribution in [3.05, 3.63) is 35.6 Å². The fourth-order valence-corrected chi connectivity index (χ4v) is 4.02. The maximum Gasteiger partial charge on any atom is 0.224 e. The van der Waals surface area contributed by atoms with E-state index >= 15 is 0 Å². The van der Waals surface area contributed by atoms with E-state index in [9.17, 15) is 9.18 Å². The zero-order chi connectivity index (χ0) is 17.3. The van der Waals surface area contributed by atoms with Crippen LogP contribution >= 0.6 is 0 Å². The number of piperidine rings is 1. The Morgan fingerprint density at radius 3 is 2.38 bits per heavy atom. The maximum absolute atomic E-state index is 13.2. The molecule has 0 bridgehead atoms. The molecule has 132 valence electrons. The number of carbonyl (C=O) groups excluding carboxylic acids is 1. The van der Waals surface area contributed by atoms with Gasteiger partial charge < -0.3 is 15.1 Å². The Bertz CT molecular complexity index is 566. The third kappa shape index (κ3) is 3.62. The molecule has 2 aliphatic rings. The Morgan fingerprint density at radius 2 is 1.79 bits per heavy atom. The molecule has 2 heterocycles. The van der Waals surface area contributed by atoms with Crippen molar-refractivity contribution in [3.63, 3.8) is 0 Å². The summed E-state index contributed by atoms with van der Waals surface area (Å²) in [5, 5.41) is 3.72. The van der Waals surface area contributed by atoms with Crippen LogP contribution in [0.4, 0.5) is 4.39 Å². The summed E-state index contributed by atoms with van der Waals surface area (Å²) in [7, 11) is 1.85. The van der Waals surface area contributed by atoms with Gasteiger partial charge in [0.05, 0.1) is 6.04 Å². The molecule has 2 atom stereocenters. The van der Waals surface area contributed by atoms with E-state index in [-0.39, 0.29) is 23.8 Å². The van der Waals surface area contributed by atoms with Gasteiger partial charge in [0.25, 0.3) is 0 Å². The molecule has 0 radical (unpaired) electrons. The molecule has 2 fully saturated rings. The van der Waals surface area contributed by atoms with Crippen molar-refractivity contribution in [2.45, 2.75) is 57.3 Å². The number of nitrogens with zero attached hydrogens (tertiary/aromatic N) is 2. The van der Waals surface area contributed by atoms with Gasteiger partial charge in [0.1, 0.15) is 5.82 Å². The Balaban J connectivity index is 1.67. The molecule has 4 nitrogen and oxygen atoms in total. The summed E-state index contributed by atoms with van der Waals surface area (Å²) < 4.78 is 13.2. The summed E-state index contributed by atoms with van der Waals surface area (Å²) in [4.78, 5) is 16.5. The lowest BCUT2D eigenvalue weighted by Crippen LogP contribution is -2.49. The predicted molar refractivity (Wildman–Crippen MR) is 93.2 cm³/mol. The van der Waals surface area contributed by atoms with E-state index in [1.54, 1.807) is 17.0 Å². The van der Waals surface area contributed by atoms with Gasteiger partial charge in [0, 0.05) is 31.6 Å². The number of nitrogens with one attached hydrogen (secondary N) is 1. The standard InChI is InChI=1S/C19H28FN3O/c1-13(2)23-10-8-16(9-11-23)21-17-12-18(24)22(3)19(17)14-4-6-15(20)7-5-14/h4-7,13,16-17,19,21H,8-12H2,1-3H3/t17-,19+/m1/s1. The van der Waals surface area contributed by atoms with Gasteiger partial charge in [-0.1, -0.05) is 12.1 Å². The van der Waals surface area contributed by atoms with Gasteiger partial charge in [0.2, 0.25) is 5.91 Å². The van der Waals surface area contributed by atoms with Crippen LogP contribution in [-0.4, -0.2) is 54.0 Å². The molecular formula is C19H28FN3O. The average molecular weight is 333 g/mol. The summed E-state index contributed by atoms with van der Waals surface area (Å²) in [6.45, 7) is 6.69. The zero-order valence-electron chi connectivity index (χ0n) is 14.8. The average Bonchev–Trinajstić information content (AvgIpc) is 2.83. The highest BCUT2D eigenvalue weighted by Crippen LogP contribution is 2.33. The van der Waals surface area contributed by atoms with Crippen LogP contribution in [0.3, 0.4) is 0 Å². The van der Waals surface area contributed by atoms with Crippen molar-refractivity contribution in [2.24, 2.45) is 0 Å². The fraction of sp³-hybridized carbons (Fsp3) is 0.632. The van der Waals surface area contributed by atoms with E-state index < -0.39 is 0 Å². The van der Waals surface area contributed by atoms with Crippen molar-refractivity contribution >= 4 is 5.91 Å². The molecule has 1 amide bonds. The first-order valence-corrected chi connectivity index (χ1v) is 8.97. The Labute approximate surface area is 144 Å². The second-order valence-electron chi connectivity index (χ2n) is 7.38. The third-order valence-electron chi connectivity index (χ3n) is 5.51. The number of rotatable bonds is 4. The lowest BCUT2D eigenvalue weighted by molar-refractivity contribution is -0.127. The highest BCUT2D eigenvalue weighted by Gasteiger charge is 2.39. The van der Waals surface area contributed by atoms with Crippen LogP contribution in [0.25, 0.3) is 0 Å². The minimum Gasteiger partial charge on any atom is -0.337 e. The van der Waals surface area contributed by atoms with Crippen LogP contribution in [0.15, 0.2) is 24.3 Å². The molecule has 1 aromatic rings. The normalized spacial score (nSPS) is 26.5. The Hall–Kier alpha value is -1.46. The second kappa shape index (κ2) is 7.19. The number of likely N-dealkylation sites (tertiary alicyclic amines) is 2. The van der Waals surface area contributed by atoms with E-state index in [0.717, 1.165) is 31.5 Å². The quantitative estimate of drug-likeness (QED) is 0.920. The van der Waals surface area contributed by atoms with Gasteiger partial charge >= 0.3 is 0 Å². The minimum atomic E-state index is -0.240. The van der Waals surface area contributed by atoms with Crippen LogP contribution in [0, 0.1) is 5.82 Å². The molecule has 0 saturated carbocycles. The van der Waals surface area contributed by atoms with Crippen molar-refractivity contribution < 1.29 is 9.18 Å². The van der Waals surface area contributed by atoms with Gasteiger partial charge in [-0.3, -0.25) is 4.79 Å². The summed E-state index contributed by atoms with van der Waals surface area (Å²) >= 11 is 0. The molecule has 0 aromatic heterocycles. The topological polar surface area (TPSA) is 35.6 Å². The molecule has 1 aromatic carbocycles. The summed E-state index contributed by atoms with van der Waals surface area (Å²) in [6, 6.07) is 7.68. The summed E-state index contributed by atoms with van der Waals surface area (Å²) in [5.41, 5.74) is 1.00. The van der Waals surface area contributed by atoms with Crippen molar-refractivity contribution in [1.29, 1.82) is 0 Å². The molecule has 0 spiro atoms. The van der Waals surface area contributed by atoms with Gasteiger partial charge in [-0.2, -0.15) is 0 Å². The first-order chi connectivity index (χ1) is 11.5. The first kappa shape index (κ1) is 17.4. The Morgan fingerprint density at radius 1 is 1.17 bits per heavy atom. The molecule has 1 N–H and O–H groups in total. The van der Waals surface area contributed by atoms with E-state index in [1.807, 2.05) is 7.05 Å². The molecule has 0 unspecified atom stereocenters. The number of likely N-dealkylation sites (N-methyl/N-ethyl adjacent to an activating group) is 1. The SMILES string of the molecule is CC(C)N1CCC(N[C@@H]2CC(=O)N(C)[C@H]2c2ccc(F)cc2)CC1. The third-order valence-corrected chi connectivity index (χ3v) is 5.51. The molecule has 3 rings (SSSR count). The van der Waals surface area contributed by atoms with Gasteiger partial charge in [-0.25, -0.2) is 4.39 Å². The molecule has 2 aliphatic heterocycles. The Kier molecular flexibility index (Phi) is 5.21. The van der Waals surface area contributed by atoms with Gasteiger partial charge in [0.15, 0.2) is 0 Å². The number of amides is 1. The van der Waals surface area contributed by atoms with Crippen molar-refractivity contribution in [1.82, 2.24) is 15.1 Å². The monoisotopic (exact) mass is 333 g/mol. The molecular weight excluding hydrogens is 305 g/mol. The number of halogens is 1. The van der Waals surface area contributed by atoms with Crippen LogP contribution in [-0.2, 0) is 4.79 Å². The number of hydrogen-bond acceptors (Lipinski definition) is 3. The number of carbonyl (C=O) groups is 1. The number of benzene rings is 1. The minimum absolute atomic E-state index is 0.0128. The lowest BCUT2D eigenvalue weighted by atomic mass is 9.96. The van der Waals surface area contributed by atoms with Crippen LogP contribution in [0.2, 0.25) is 0 Å². The van der Waals surface area contributed by atoms with Crippen molar-refractivity contribution in [2.75, 3.05) is 20.1 Å². The van der Waals surface area contributed by atoms with E-state index in [2.05, 4.69) is 24.1 Å². The zero-order valence-corrected chi connectivity index (χ0v) is 14.8. The van der Waals surface area contributed by atoms with Crippen LogP contribution < -0.4 is 5.32 Å². The predicted octanol–water partition coefficient (Wildman–Crippen LogP) is 2.56. The number of hydrogen-bond donors (Lipinski definition) is 1. The molecule has 0 aliphatic carbocycles. The summed E-state index contributed by atoms with van der Waals surface area (Å²) in [6.07, 6.45) is 2.74. The molecule has 5 heteroatoms. The van der Waals surface area contributed by atoms with Crippen molar-refractivity contribution in [3.8, 4) is 0 Å². The maximum atomic E-state index is 13.2. The van der Waals surface area contributed by atoms with Gasteiger partial charge in [-0.05, 0) is 57.5 Å². The molecule has 24 heavy (non-hydrogen) atoms. The first-order valence-electron chi connectivity index (χ1n) is 8.97. The second-order valence-corrected chi connectivity index (χ2v) is 7.38. The summed E-state index contributed by atoms with van der Waals surface area (Å²) in [5.74, 6) is -0.0854. The smallest absolute Gasteiger partial charge is 0.224 e. The van der Waals surface area contributed by atoms with E-state index in [0.29, 0.717) is 18.5 Å². The van der Waals surface area contributed by atoms with Crippen LogP contribution in [0.5, 0.6) is 0 Å². The lowest BCUT2D eigenvalue weighted by Gasteiger charge is -2.37. The molecule has 2 saturated heterocycles. The fourth-order valence-electron chi connectivity index (χ4n) is 4.02.